The Kier molecular flexibility index (Phi) is 5.53. The number of ether oxygens (including phenoxy) is 1. The van der Waals surface area contributed by atoms with Crippen molar-refractivity contribution in [1.29, 1.82) is 0 Å². The van der Waals surface area contributed by atoms with E-state index in [2.05, 4.69) is 10.1 Å². The Morgan fingerprint density at radius 2 is 1.81 bits per heavy atom. The van der Waals surface area contributed by atoms with E-state index in [0.717, 1.165) is 21.6 Å². The van der Waals surface area contributed by atoms with E-state index in [0.29, 0.717) is 22.9 Å². The molecule has 2 aromatic heterocycles. The number of carbonyl (C=O) groups excluding carboxylic acids is 1. The summed E-state index contributed by atoms with van der Waals surface area (Å²) in [4.78, 5) is 39.7. The minimum Gasteiger partial charge on any atom is -0.462 e. The molecule has 0 aliphatic heterocycles. The van der Waals surface area contributed by atoms with Crippen molar-refractivity contribution in [2.24, 2.45) is 0 Å². The number of esters is 1. The Bertz CT molecular complexity index is 1360. The molecule has 0 aliphatic carbocycles. The number of nitrogens with one attached hydrogen (secondary N) is 1. The topological polar surface area (TPSA) is 99.0 Å². The van der Waals surface area contributed by atoms with Gasteiger partial charge in [-0.1, -0.05) is 12.1 Å². The summed E-state index contributed by atoms with van der Waals surface area (Å²) in [5.74, 6) is -0.459. The summed E-state index contributed by atoms with van der Waals surface area (Å²) in [6.45, 7) is 4.14. The molecule has 0 bridgehead atoms. The van der Waals surface area contributed by atoms with Gasteiger partial charge < -0.3 is 9.72 Å². The normalized spacial score (nSPS) is 11.0. The van der Waals surface area contributed by atoms with Crippen molar-refractivity contribution in [2.75, 3.05) is 6.61 Å². The molecule has 0 amide bonds. The summed E-state index contributed by atoms with van der Waals surface area (Å²) in [5, 5.41) is 4.87. The number of rotatable bonds is 6. The average Bonchev–Trinajstić information content (AvgIpc) is 3.11. The van der Waals surface area contributed by atoms with Gasteiger partial charge in [0.2, 0.25) is 0 Å². The zero-order valence-electron chi connectivity index (χ0n) is 17.3. The maximum absolute atomic E-state index is 12.5. The minimum atomic E-state index is -0.477. The number of benzene rings is 2. The fraction of sp³-hybridized carbons (Fsp3) is 0.217. The lowest BCUT2D eigenvalue weighted by molar-refractivity contribution is 0.0495. The van der Waals surface area contributed by atoms with Crippen LogP contribution in [0.25, 0.3) is 16.6 Å². The molecule has 0 radical (unpaired) electrons. The van der Waals surface area contributed by atoms with E-state index in [1.54, 1.807) is 36.4 Å². The predicted octanol–water partition coefficient (Wildman–Crippen LogP) is 2.74. The molecule has 8 nitrogen and oxygen atoms in total. The van der Waals surface area contributed by atoms with Crippen LogP contribution in [0, 0.1) is 13.8 Å². The smallest absolute Gasteiger partial charge is 0.338 e. The molecule has 0 aliphatic rings. The summed E-state index contributed by atoms with van der Waals surface area (Å²) in [6.07, 6.45) is 0.344. The van der Waals surface area contributed by atoms with Gasteiger partial charge in [0.05, 0.1) is 34.5 Å². The van der Waals surface area contributed by atoms with Crippen LogP contribution < -0.4 is 11.2 Å². The molecule has 4 rings (SSSR count). The number of aromatic amines is 1. The van der Waals surface area contributed by atoms with Crippen molar-refractivity contribution >= 4 is 16.9 Å². The molecule has 31 heavy (non-hydrogen) atoms. The Hall–Kier alpha value is -3.94. The number of hydrogen-bond acceptors (Lipinski definition) is 5. The fourth-order valence-corrected chi connectivity index (χ4v) is 3.50. The van der Waals surface area contributed by atoms with E-state index in [4.69, 9.17) is 4.74 Å². The van der Waals surface area contributed by atoms with E-state index >= 15 is 0 Å². The van der Waals surface area contributed by atoms with Crippen molar-refractivity contribution in [2.45, 2.75) is 26.8 Å². The molecule has 0 unspecified atom stereocenters. The van der Waals surface area contributed by atoms with Gasteiger partial charge in [-0.3, -0.25) is 9.36 Å². The molecule has 0 saturated heterocycles. The molecular weight excluding hydrogens is 396 g/mol. The third-order valence-corrected chi connectivity index (χ3v) is 5.01. The van der Waals surface area contributed by atoms with E-state index in [1.165, 1.54) is 0 Å². The second kappa shape index (κ2) is 8.43. The van der Waals surface area contributed by atoms with Crippen LogP contribution in [0.15, 0.2) is 64.2 Å². The molecular formula is C23H22N4O4. The maximum Gasteiger partial charge on any atom is 0.338 e. The molecule has 8 heteroatoms. The molecule has 2 aromatic carbocycles. The van der Waals surface area contributed by atoms with Crippen LogP contribution in [0.5, 0.6) is 0 Å². The first kappa shape index (κ1) is 20.3. The second-order valence-electron chi connectivity index (χ2n) is 7.31. The highest BCUT2D eigenvalue weighted by molar-refractivity contribution is 5.89. The van der Waals surface area contributed by atoms with Gasteiger partial charge in [-0.15, -0.1) is 0 Å². The molecule has 2 heterocycles. The van der Waals surface area contributed by atoms with Crippen molar-refractivity contribution in [3.63, 3.8) is 0 Å². The quantitative estimate of drug-likeness (QED) is 0.383. The number of carbonyl (C=O) groups is 1. The van der Waals surface area contributed by atoms with Gasteiger partial charge in [0, 0.05) is 12.2 Å². The Balaban J connectivity index is 1.37. The Morgan fingerprint density at radius 3 is 2.52 bits per heavy atom. The van der Waals surface area contributed by atoms with Crippen LogP contribution in [-0.4, -0.2) is 31.9 Å². The van der Waals surface area contributed by atoms with Gasteiger partial charge >= 0.3 is 11.7 Å². The number of fused-ring (bicyclic) bond motifs is 1. The lowest BCUT2D eigenvalue weighted by atomic mass is 10.2. The van der Waals surface area contributed by atoms with Gasteiger partial charge in [0.15, 0.2) is 0 Å². The minimum absolute atomic E-state index is 0.0940. The monoisotopic (exact) mass is 418 g/mol. The van der Waals surface area contributed by atoms with Crippen molar-refractivity contribution in [3.8, 4) is 5.69 Å². The molecule has 4 aromatic rings. The number of para-hydroxylation sites is 1. The Morgan fingerprint density at radius 1 is 1.06 bits per heavy atom. The number of nitrogens with zero attached hydrogens (tertiary/aromatic N) is 3. The highest BCUT2D eigenvalue weighted by Crippen LogP contribution is 2.14. The molecule has 158 valence electrons. The molecule has 0 atom stereocenters. The van der Waals surface area contributed by atoms with Gasteiger partial charge in [0.25, 0.3) is 5.56 Å². The summed E-state index contributed by atoms with van der Waals surface area (Å²) in [7, 11) is 0. The predicted molar refractivity (Wildman–Crippen MR) is 117 cm³/mol. The first-order valence-corrected chi connectivity index (χ1v) is 9.97. The van der Waals surface area contributed by atoms with Crippen molar-refractivity contribution < 1.29 is 9.53 Å². The van der Waals surface area contributed by atoms with Crippen LogP contribution in [0.2, 0.25) is 0 Å². The summed E-state index contributed by atoms with van der Waals surface area (Å²) in [5.41, 5.74) is 2.88. The highest BCUT2D eigenvalue weighted by Gasteiger charge is 2.10. The third kappa shape index (κ3) is 4.18. The maximum atomic E-state index is 12.5. The molecule has 0 saturated carbocycles. The van der Waals surface area contributed by atoms with Gasteiger partial charge in [-0.25, -0.2) is 14.3 Å². The van der Waals surface area contributed by atoms with Crippen LogP contribution in [-0.2, 0) is 11.3 Å². The van der Waals surface area contributed by atoms with Crippen LogP contribution in [0.3, 0.4) is 0 Å². The van der Waals surface area contributed by atoms with E-state index in [1.807, 2.05) is 36.7 Å². The average molecular weight is 418 g/mol. The number of aromatic nitrogens is 4. The highest BCUT2D eigenvalue weighted by atomic mass is 16.5. The largest absolute Gasteiger partial charge is 0.462 e. The SMILES string of the molecule is Cc1cc(C)n(-c2ccc(C(=O)OCCCn3c(=O)[nH]c4ccccc4c3=O)cc2)n1. The van der Waals surface area contributed by atoms with Gasteiger partial charge in [-0.2, -0.15) is 5.10 Å². The van der Waals surface area contributed by atoms with Crippen LogP contribution >= 0.6 is 0 Å². The lowest BCUT2D eigenvalue weighted by Gasteiger charge is -2.08. The molecule has 1 N–H and O–H groups in total. The third-order valence-electron chi connectivity index (χ3n) is 5.01. The number of H-pyrrole nitrogens is 1. The van der Waals surface area contributed by atoms with E-state index < -0.39 is 11.7 Å². The number of hydrogen-bond donors (Lipinski definition) is 1. The van der Waals surface area contributed by atoms with Crippen molar-refractivity contribution in [3.05, 3.63) is 92.4 Å². The Labute approximate surface area is 177 Å². The first-order valence-electron chi connectivity index (χ1n) is 9.97. The molecule has 0 spiro atoms. The van der Waals surface area contributed by atoms with Crippen molar-refractivity contribution in [1.82, 2.24) is 19.3 Å². The van der Waals surface area contributed by atoms with E-state index in [9.17, 15) is 14.4 Å². The van der Waals surface area contributed by atoms with E-state index in [-0.39, 0.29) is 18.7 Å². The number of aryl methyl sites for hydroxylation is 2. The first-order chi connectivity index (χ1) is 14.9. The zero-order chi connectivity index (χ0) is 22.0. The fourth-order valence-electron chi connectivity index (χ4n) is 3.50. The van der Waals surface area contributed by atoms with Crippen LogP contribution in [0.1, 0.15) is 28.2 Å². The second-order valence-corrected chi connectivity index (χ2v) is 7.31. The standard InChI is InChI=1S/C23H22N4O4/c1-15-14-16(2)27(25-15)18-10-8-17(9-11-18)22(29)31-13-5-12-26-21(28)19-6-3-4-7-20(19)24-23(26)30/h3-4,6-11,14H,5,12-13H2,1-2H3,(H,24,30). The zero-order valence-corrected chi connectivity index (χ0v) is 17.3. The summed E-state index contributed by atoms with van der Waals surface area (Å²) in [6, 6.07) is 15.8. The summed E-state index contributed by atoms with van der Waals surface area (Å²) >= 11 is 0. The lowest BCUT2D eigenvalue weighted by Crippen LogP contribution is -2.35. The summed E-state index contributed by atoms with van der Waals surface area (Å²) < 4.78 is 8.23. The van der Waals surface area contributed by atoms with Crippen LogP contribution in [0.4, 0.5) is 0 Å². The van der Waals surface area contributed by atoms with Gasteiger partial charge in [-0.05, 0) is 62.7 Å². The van der Waals surface area contributed by atoms with Gasteiger partial charge in [0.1, 0.15) is 0 Å². The molecule has 0 fully saturated rings.